The van der Waals surface area contributed by atoms with Crippen molar-refractivity contribution in [2.24, 2.45) is 4.99 Å². The summed E-state index contributed by atoms with van der Waals surface area (Å²) in [5, 5.41) is 11.8. The van der Waals surface area contributed by atoms with Crippen LogP contribution in [-0.4, -0.2) is 29.0 Å². The van der Waals surface area contributed by atoms with E-state index in [-0.39, 0.29) is 24.0 Å². The van der Waals surface area contributed by atoms with Gasteiger partial charge in [-0.1, -0.05) is 6.07 Å². The summed E-state index contributed by atoms with van der Waals surface area (Å²) in [6.45, 7) is 6.14. The highest BCUT2D eigenvalue weighted by Crippen LogP contribution is 2.23. The van der Waals surface area contributed by atoms with Crippen LogP contribution >= 0.6 is 46.7 Å². The van der Waals surface area contributed by atoms with Gasteiger partial charge in [-0.25, -0.2) is 15.0 Å². The summed E-state index contributed by atoms with van der Waals surface area (Å²) in [7, 11) is 0. The molecule has 3 aromatic heterocycles. The molecule has 0 saturated carbocycles. The Hall–Kier alpha value is -1.46. The molecule has 2 N–H and O–H groups in total. The number of halogens is 1. The monoisotopic (exact) mass is 503 g/mol. The zero-order valence-corrected chi connectivity index (χ0v) is 18.7. The van der Waals surface area contributed by atoms with Crippen molar-refractivity contribution in [1.29, 1.82) is 0 Å². The molecule has 0 aliphatic carbocycles. The van der Waals surface area contributed by atoms with Crippen molar-refractivity contribution in [1.82, 2.24) is 20.6 Å². The van der Waals surface area contributed by atoms with Crippen LogP contribution in [0.3, 0.4) is 0 Å². The lowest BCUT2D eigenvalue weighted by Gasteiger charge is -2.10. The van der Waals surface area contributed by atoms with Gasteiger partial charge < -0.3 is 15.1 Å². The summed E-state index contributed by atoms with van der Waals surface area (Å²) >= 11 is 3.29. The van der Waals surface area contributed by atoms with Gasteiger partial charge in [-0.3, -0.25) is 0 Å². The first-order valence-electron chi connectivity index (χ1n) is 8.16. The number of guanidine groups is 1. The van der Waals surface area contributed by atoms with Crippen LogP contribution in [0.15, 0.2) is 38.6 Å². The lowest BCUT2D eigenvalue weighted by atomic mass is 10.3. The Kier molecular flexibility index (Phi) is 8.52. The zero-order valence-electron chi connectivity index (χ0n) is 14.7. The highest BCUT2D eigenvalue weighted by molar-refractivity contribution is 14.0. The first-order valence-corrected chi connectivity index (χ1v) is 9.92. The fourth-order valence-electron chi connectivity index (χ4n) is 2.23. The lowest BCUT2D eigenvalue weighted by Crippen LogP contribution is -2.38. The van der Waals surface area contributed by atoms with Crippen molar-refractivity contribution in [2.45, 2.75) is 26.8 Å². The summed E-state index contributed by atoms with van der Waals surface area (Å²) in [5.74, 6) is 1.42. The highest BCUT2D eigenvalue weighted by atomic mass is 127. The van der Waals surface area contributed by atoms with Gasteiger partial charge in [0.1, 0.15) is 12.0 Å². The molecule has 9 heteroatoms. The van der Waals surface area contributed by atoms with Crippen LogP contribution < -0.4 is 10.6 Å². The number of hydrogen-bond donors (Lipinski definition) is 2. The standard InChI is InChI=1S/C17H21N5OS2.HI/c1-3-18-17(19-7-6-13-11-25-12(2)21-13)20-9-14-10-23-16(22-14)15-5-4-8-24-15;/h4-5,8,10-11H,3,6-7,9H2,1-2H3,(H2,18,19,20);1H. The third-order valence-electron chi connectivity index (χ3n) is 3.37. The quantitative estimate of drug-likeness (QED) is 0.289. The number of nitrogens with zero attached hydrogens (tertiary/aromatic N) is 3. The van der Waals surface area contributed by atoms with Crippen LogP contribution in [0.25, 0.3) is 10.8 Å². The topological polar surface area (TPSA) is 75.3 Å². The van der Waals surface area contributed by atoms with Crippen LogP contribution in [0.1, 0.15) is 23.3 Å². The van der Waals surface area contributed by atoms with Gasteiger partial charge in [0.25, 0.3) is 0 Å². The van der Waals surface area contributed by atoms with E-state index in [9.17, 15) is 0 Å². The second-order valence-corrected chi connectivity index (χ2v) is 7.36. The molecule has 0 spiro atoms. The largest absolute Gasteiger partial charge is 0.443 e. The minimum absolute atomic E-state index is 0. The first-order chi connectivity index (χ1) is 12.2. The smallest absolute Gasteiger partial charge is 0.236 e. The van der Waals surface area contributed by atoms with E-state index in [1.165, 1.54) is 0 Å². The van der Waals surface area contributed by atoms with Gasteiger partial charge in [0.15, 0.2) is 5.96 Å². The van der Waals surface area contributed by atoms with Crippen molar-refractivity contribution < 1.29 is 4.42 Å². The Morgan fingerprint density at radius 3 is 2.81 bits per heavy atom. The SMILES string of the molecule is CCNC(=NCc1coc(-c2cccs2)n1)NCCc1csc(C)n1.I. The summed E-state index contributed by atoms with van der Waals surface area (Å²) in [6, 6.07) is 3.98. The number of thiazole rings is 1. The van der Waals surface area contributed by atoms with Gasteiger partial charge in [0.05, 0.1) is 22.1 Å². The number of thiophene rings is 1. The average Bonchev–Trinajstić information content (AvgIpc) is 3.34. The molecule has 0 bridgehead atoms. The van der Waals surface area contributed by atoms with Crippen molar-refractivity contribution in [3.8, 4) is 10.8 Å². The van der Waals surface area contributed by atoms with E-state index in [1.807, 2.05) is 31.4 Å². The first kappa shape index (κ1) is 20.8. The maximum absolute atomic E-state index is 5.52. The molecule has 3 rings (SSSR count). The predicted octanol–water partition coefficient (Wildman–Crippen LogP) is 4.08. The molecule has 0 atom stereocenters. The van der Waals surface area contributed by atoms with E-state index in [4.69, 9.17) is 4.42 Å². The second-order valence-electron chi connectivity index (χ2n) is 5.35. The number of rotatable bonds is 7. The number of hydrogen-bond acceptors (Lipinski definition) is 6. The molecule has 3 aromatic rings. The Bertz CT molecular complexity index is 813. The molecule has 0 aliphatic rings. The van der Waals surface area contributed by atoms with Gasteiger partial charge in [-0.2, -0.15) is 0 Å². The number of aromatic nitrogens is 2. The second kappa shape index (κ2) is 10.6. The van der Waals surface area contributed by atoms with E-state index >= 15 is 0 Å². The summed E-state index contributed by atoms with van der Waals surface area (Å²) in [6.07, 6.45) is 2.54. The van der Waals surface area contributed by atoms with E-state index in [2.05, 4.69) is 31.0 Å². The van der Waals surface area contributed by atoms with Gasteiger partial charge >= 0.3 is 0 Å². The van der Waals surface area contributed by atoms with Crippen LogP contribution in [-0.2, 0) is 13.0 Å². The lowest BCUT2D eigenvalue weighted by molar-refractivity contribution is 0.574. The molecule has 0 unspecified atom stereocenters. The Labute approximate surface area is 178 Å². The van der Waals surface area contributed by atoms with Crippen molar-refractivity contribution in [3.05, 3.63) is 45.6 Å². The summed E-state index contributed by atoms with van der Waals surface area (Å²) in [4.78, 5) is 14.6. The molecule has 0 aliphatic heterocycles. The fourth-order valence-corrected chi connectivity index (χ4v) is 3.53. The summed E-state index contributed by atoms with van der Waals surface area (Å²) < 4.78 is 5.52. The Morgan fingerprint density at radius 2 is 2.12 bits per heavy atom. The Balaban J connectivity index is 0.00000243. The van der Waals surface area contributed by atoms with Gasteiger partial charge in [-0.05, 0) is 25.3 Å². The van der Waals surface area contributed by atoms with Crippen molar-refractivity contribution in [2.75, 3.05) is 13.1 Å². The summed E-state index contributed by atoms with van der Waals surface area (Å²) in [5.41, 5.74) is 1.93. The number of aryl methyl sites for hydroxylation is 1. The van der Waals surface area contributed by atoms with Crippen molar-refractivity contribution in [3.63, 3.8) is 0 Å². The van der Waals surface area contributed by atoms with Crippen molar-refractivity contribution >= 4 is 52.6 Å². The van der Waals surface area contributed by atoms with E-state index in [0.29, 0.717) is 12.4 Å². The molecule has 6 nitrogen and oxygen atoms in total. The van der Waals surface area contributed by atoms with Crippen LogP contribution in [0.5, 0.6) is 0 Å². The Morgan fingerprint density at radius 1 is 1.23 bits per heavy atom. The number of oxazole rings is 1. The molecule has 0 fully saturated rings. The molecular weight excluding hydrogens is 481 g/mol. The number of nitrogens with one attached hydrogen (secondary N) is 2. The highest BCUT2D eigenvalue weighted by Gasteiger charge is 2.07. The van der Waals surface area contributed by atoms with Crippen LogP contribution in [0.4, 0.5) is 0 Å². The molecule has 0 amide bonds. The predicted molar refractivity (Wildman–Crippen MR) is 119 cm³/mol. The molecule has 0 aromatic carbocycles. The van der Waals surface area contributed by atoms with Gasteiger partial charge in [0.2, 0.25) is 5.89 Å². The fraction of sp³-hybridized carbons (Fsp3) is 0.353. The maximum Gasteiger partial charge on any atom is 0.236 e. The van der Waals surface area contributed by atoms with Gasteiger partial charge in [0, 0.05) is 24.9 Å². The molecule has 0 radical (unpaired) electrons. The molecule has 140 valence electrons. The van der Waals surface area contributed by atoms with E-state index in [0.717, 1.165) is 46.7 Å². The molecule has 0 saturated heterocycles. The van der Waals surface area contributed by atoms with Crippen LogP contribution in [0, 0.1) is 6.92 Å². The maximum atomic E-state index is 5.52. The molecule has 26 heavy (non-hydrogen) atoms. The third-order valence-corrected chi connectivity index (χ3v) is 5.05. The van der Waals surface area contributed by atoms with E-state index < -0.39 is 0 Å². The minimum atomic E-state index is 0. The molecule has 3 heterocycles. The van der Waals surface area contributed by atoms with Gasteiger partial charge in [-0.15, -0.1) is 46.7 Å². The minimum Gasteiger partial charge on any atom is -0.443 e. The van der Waals surface area contributed by atoms with E-state index in [1.54, 1.807) is 28.9 Å². The third kappa shape index (κ3) is 6.06. The zero-order chi connectivity index (χ0) is 17.5. The normalized spacial score (nSPS) is 11.2. The molecular formula is C17H22IN5OS2. The average molecular weight is 503 g/mol. The number of aliphatic imine (C=N–C) groups is 1. The van der Waals surface area contributed by atoms with Crippen LogP contribution in [0.2, 0.25) is 0 Å².